The van der Waals surface area contributed by atoms with Crippen LogP contribution in [-0.2, 0) is 9.59 Å². The van der Waals surface area contributed by atoms with Crippen LogP contribution in [-0.4, -0.2) is 60.5 Å². The topological polar surface area (TPSA) is 66.6 Å². The summed E-state index contributed by atoms with van der Waals surface area (Å²) in [5, 5.41) is 0. The number of hydrogen-bond acceptors (Lipinski definition) is 3. The van der Waals surface area contributed by atoms with Crippen LogP contribution in [0.3, 0.4) is 0 Å². The van der Waals surface area contributed by atoms with Gasteiger partial charge in [-0.1, -0.05) is 0 Å². The van der Waals surface area contributed by atoms with Gasteiger partial charge in [-0.25, -0.2) is 0 Å². The molecule has 0 unspecified atom stereocenters. The number of rotatable bonds is 3. The highest BCUT2D eigenvalue weighted by atomic mass is 19.4. The Morgan fingerprint density at radius 1 is 1.12 bits per heavy atom. The molecule has 5 nitrogen and oxygen atoms in total. The molecule has 1 aliphatic heterocycles. The fraction of sp³-hybridized carbons (Fsp3) is 0.778. The Morgan fingerprint density at radius 2 is 1.65 bits per heavy atom. The number of alkyl halides is 3. The van der Waals surface area contributed by atoms with Crippen molar-refractivity contribution in [2.45, 2.75) is 12.6 Å². The van der Waals surface area contributed by atoms with Crippen molar-refractivity contribution in [2.24, 2.45) is 5.73 Å². The third-order valence-corrected chi connectivity index (χ3v) is 2.46. The van der Waals surface area contributed by atoms with E-state index in [-0.39, 0.29) is 19.6 Å². The monoisotopic (exact) mass is 253 g/mol. The fourth-order valence-corrected chi connectivity index (χ4v) is 1.66. The first-order valence-electron chi connectivity index (χ1n) is 5.13. The van der Waals surface area contributed by atoms with E-state index in [1.807, 2.05) is 0 Å². The van der Waals surface area contributed by atoms with Crippen molar-refractivity contribution in [3.8, 4) is 0 Å². The maximum absolute atomic E-state index is 12.0. The second-order valence-electron chi connectivity index (χ2n) is 3.92. The summed E-state index contributed by atoms with van der Waals surface area (Å²) in [6.45, 7) is 1.20. The van der Waals surface area contributed by atoms with E-state index in [1.165, 1.54) is 0 Å². The van der Waals surface area contributed by atoms with Crippen molar-refractivity contribution in [1.82, 2.24) is 9.80 Å². The van der Waals surface area contributed by atoms with Gasteiger partial charge in [0.25, 0.3) is 0 Å². The summed E-state index contributed by atoms with van der Waals surface area (Å²) in [5.74, 6) is -1.41. The van der Waals surface area contributed by atoms with Crippen LogP contribution >= 0.6 is 0 Å². The third-order valence-electron chi connectivity index (χ3n) is 2.46. The Labute approximate surface area is 96.3 Å². The molecule has 98 valence electrons. The van der Waals surface area contributed by atoms with Gasteiger partial charge in [0, 0.05) is 26.2 Å². The predicted octanol–water partition coefficient (Wildman–Crippen LogP) is -0.432. The Morgan fingerprint density at radius 3 is 2.06 bits per heavy atom. The van der Waals surface area contributed by atoms with Crippen molar-refractivity contribution in [1.29, 1.82) is 0 Å². The number of hydrogen-bond donors (Lipinski definition) is 1. The van der Waals surface area contributed by atoms with Crippen LogP contribution in [0.5, 0.6) is 0 Å². The van der Waals surface area contributed by atoms with Gasteiger partial charge < -0.3 is 10.6 Å². The number of primary amides is 1. The summed E-state index contributed by atoms with van der Waals surface area (Å²) >= 11 is 0. The Bertz CT molecular complexity index is 298. The highest BCUT2D eigenvalue weighted by Crippen LogP contribution is 2.21. The van der Waals surface area contributed by atoms with Gasteiger partial charge >= 0.3 is 6.18 Å². The first kappa shape index (κ1) is 13.8. The molecule has 2 amide bonds. The molecule has 1 fully saturated rings. The number of carbonyl (C=O) groups is 2. The lowest BCUT2D eigenvalue weighted by atomic mass is 10.2. The Hall–Kier alpha value is -1.31. The van der Waals surface area contributed by atoms with Gasteiger partial charge in [-0.3, -0.25) is 14.5 Å². The van der Waals surface area contributed by atoms with Crippen molar-refractivity contribution < 1.29 is 22.8 Å². The van der Waals surface area contributed by atoms with E-state index in [2.05, 4.69) is 0 Å². The fourth-order valence-electron chi connectivity index (χ4n) is 1.66. The van der Waals surface area contributed by atoms with E-state index in [1.54, 1.807) is 4.90 Å². The average molecular weight is 253 g/mol. The number of nitrogens with zero attached hydrogens (tertiary/aromatic N) is 2. The molecule has 0 radical (unpaired) electrons. The third kappa shape index (κ3) is 5.03. The van der Waals surface area contributed by atoms with Crippen LogP contribution in [0.25, 0.3) is 0 Å². The number of nitrogens with two attached hydrogens (primary N) is 1. The van der Waals surface area contributed by atoms with Gasteiger partial charge in [-0.2, -0.15) is 13.2 Å². The quantitative estimate of drug-likeness (QED) is 0.742. The van der Waals surface area contributed by atoms with Gasteiger partial charge in [-0.15, -0.1) is 0 Å². The van der Waals surface area contributed by atoms with Crippen LogP contribution in [0.4, 0.5) is 13.2 Å². The van der Waals surface area contributed by atoms with E-state index in [9.17, 15) is 22.8 Å². The van der Waals surface area contributed by atoms with E-state index < -0.39 is 24.4 Å². The smallest absolute Gasteiger partial charge is 0.369 e. The Balaban J connectivity index is 2.36. The number of halogens is 3. The van der Waals surface area contributed by atoms with Gasteiger partial charge in [0.1, 0.15) is 6.42 Å². The van der Waals surface area contributed by atoms with E-state index >= 15 is 0 Å². The highest BCUT2D eigenvalue weighted by Gasteiger charge is 2.34. The summed E-state index contributed by atoms with van der Waals surface area (Å²) in [4.78, 5) is 24.7. The molecule has 0 saturated carbocycles. The Kier molecular flexibility index (Phi) is 4.33. The minimum Gasteiger partial charge on any atom is -0.369 e. The van der Waals surface area contributed by atoms with Crippen LogP contribution in [0.1, 0.15) is 6.42 Å². The highest BCUT2D eigenvalue weighted by molar-refractivity contribution is 5.77. The lowest BCUT2D eigenvalue weighted by Crippen LogP contribution is -2.51. The number of carbonyl (C=O) groups excluding carboxylic acids is 2. The SMILES string of the molecule is NC(=O)CN1CCN(C(=O)CC(F)(F)F)CC1. The maximum Gasteiger partial charge on any atom is 0.397 e. The zero-order valence-electron chi connectivity index (χ0n) is 9.16. The second-order valence-corrected chi connectivity index (χ2v) is 3.92. The zero-order valence-corrected chi connectivity index (χ0v) is 9.16. The summed E-state index contributed by atoms with van der Waals surface area (Å²) in [7, 11) is 0. The van der Waals surface area contributed by atoms with Crippen LogP contribution in [0, 0.1) is 0 Å². The first-order valence-corrected chi connectivity index (χ1v) is 5.13. The lowest BCUT2D eigenvalue weighted by molar-refractivity contribution is -0.162. The van der Waals surface area contributed by atoms with E-state index in [0.717, 1.165) is 4.90 Å². The molecule has 17 heavy (non-hydrogen) atoms. The van der Waals surface area contributed by atoms with Crippen LogP contribution in [0.2, 0.25) is 0 Å². The molecule has 8 heteroatoms. The molecule has 1 rings (SSSR count). The molecule has 0 bridgehead atoms. The molecule has 1 heterocycles. The zero-order chi connectivity index (χ0) is 13.1. The van der Waals surface area contributed by atoms with Crippen molar-refractivity contribution >= 4 is 11.8 Å². The molecule has 0 atom stereocenters. The minimum atomic E-state index is -4.47. The largest absolute Gasteiger partial charge is 0.397 e. The van der Waals surface area contributed by atoms with Crippen molar-refractivity contribution in [3.63, 3.8) is 0 Å². The molecular weight excluding hydrogens is 239 g/mol. The number of piperazine rings is 1. The van der Waals surface area contributed by atoms with E-state index in [4.69, 9.17) is 5.73 Å². The van der Waals surface area contributed by atoms with Gasteiger partial charge in [0.05, 0.1) is 6.54 Å². The van der Waals surface area contributed by atoms with Gasteiger partial charge in [0.2, 0.25) is 11.8 Å². The van der Waals surface area contributed by atoms with Crippen molar-refractivity contribution in [2.75, 3.05) is 32.7 Å². The van der Waals surface area contributed by atoms with Gasteiger partial charge in [-0.05, 0) is 0 Å². The summed E-state index contributed by atoms with van der Waals surface area (Å²) < 4.78 is 36.0. The van der Waals surface area contributed by atoms with Crippen LogP contribution < -0.4 is 5.73 Å². The van der Waals surface area contributed by atoms with Gasteiger partial charge in [0.15, 0.2) is 0 Å². The predicted molar refractivity (Wildman–Crippen MR) is 52.9 cm³/mol. The molecule has 0 aliphatic carbocycles. The van der Waals surface area contributed by atoms with E-state index in [0.29, 0.717) is 13.1 Å². The normalized spacial score (nSPS) is 18.2. The molecule has 1 saturated heterocycles. The average Bonchev–Trinajstić information content (AvgIpc) is 2.15. The molecule has 0 aromatic carbocycles. The summed E-state index contributed by atoms with van der Waals surface area (Å²) in [6, 6.07) is 0. The molecule has 0 aromatic heterocycles. The van der Waals surface area contributed by atoms with Crippen molar-refractivity contribution in [3.05, 3.63) is 0 Å². The lowest BCUT2D eigenvalue weighted by Gasteiger charge is -2.34. The molecule has 1 aliphatic rings. The first-order chi connectivity index (χ1) is 7.78. The molecule has 0 aromatic rings. The maximum atomic E-state index is 12.0. The molecule has 0 spiro atoms. The molecular formula is C9H14F3N3O2. The number of amides is 2. The summed E-state index contributed by atoms with van der Waals surface area (Å²) in [6.07, 6.45) is -5.90. The summed E-state index contributed by atoms with van der Waals surface area (Å²) in [5.41, 5.74) is 4.99. The van der Waals surface area contributed by atoms with Crippen LogP contribution in [0.15, 0.2) is 0 Å². The molecule has 2 N–H and O–H groups in total. The second kappa shape index (κ2) is 5.35. The minimum absolute atomic E-state index is 0.0707. The standard InChI is InChI=1S/C9H14F3N3O2/c10-9(11,12)5-8(17)15-3-1-14(2-4-15)6-7(13)16/h1-6H2,(H2,13,16).